The van der Waals surface area contributed by atoms with Crippen molar-refractivity contribution >= 4 is 39.3 Å². The molecule has 9 heteroatoms. The van der Waals surface area contributed by atoms with E-state index in [0.29, 0.717) is 16.6 Å². The summed E-state index contributed by atoms with van der Waals surface area (Å²) in [5.41, 5.74) is 1.23. The van der Waals surface area contributed by atoms with E-state index in [4.69, 9.17) is 0 Å². The molecule has 1 heterocycles. The molecule has 7 nitrogen and oxygen atoms in total. The number of carbonyl (C=O) groups excluding carboxylic acids is 1. The number of aromatic nitrogens is 2. The molecule has 0 aliphatic heterocycles. The maximum atomic E-state index is 12.5. The van der Waals surface area contributed by atoms with Gasteiger partial charge in [-0.05, 0) is 57.0 Å². The summed E-state index contributed by atoms with van der Waals surface area (Å²) in [5.74, 6) is -0.0431. The van der Waals surface area contributed by atoms with Gasteiger partial charge in [-0.2, -0.15) is 0 Å². The minimum absolute atomic E-state index is 0.0240. The number of anilines is 2. The van der Waals surface area contributed by atoms with Crippen molar-refractivity contribution in [2.24, 2.45) is 0 Å². The zero-order valence-electron chi connectivity index (χ0n) is 16.6. The number of amides is 1. The predicted octanol–water partition coefficient (Wildman–Crippen LogP) is 3.98. The molecule has 0 saturated heterocycles. The fourth-order valence-corrected chi connectivity index (χ4v) is 5.51. The van der Waals surface area contributed by atoms with Crippen LogP contribution < -0.4 is 10.0 Å². The lowest BCUT2D eigenvalue weighted by Gasteiger charge is -2.23. The number of thioether (sulfide) groups is 1. The van der Waals surface area contributed by atoms with E-state index in [2.05, 4.69) is 20.0 Å². The maximum absolute atomic E-state index is 12.5. The molecule has 1 aromatic carbocycles. The van der Waals surface area contributed by atoms with Crippen LogP contribution in [0.15, 0.2) is 41.4 Å². The molecule has 1 unspecified atom stereocenters. The van der Waals surface area contributed by atoms with Crippen LogP contribution in [0.25, 0.3) is 0 Å². The first-order valence-corrected chi connectivity index (χ1v) is 12.1. The fraction of sp³-hybridized carbons (Fsp3) is 0.450. The number of rotatable bonds is 7. The molecule has 2 N–H and O–H groups in total. The van der Waals surface area contributed by atoms with Gasteiger partial charge < -0.3 is 5.32 Å². The highest BCUT2D eigenvalue weighted by Crippen LogP contribution is 2.31. The van der Waals surface area contributed by atoms with E-state index in [9.17, 15) is 13.2 Å². The minimum Gasteiger partial charge on any atom is -0.325 e. The molecule has 1 saturated carbocycles. The second-order valence-corrected chi connectivity index (χ2v) is 10.5. The molecule has 0 spiro atoms. The zero-order valence-corrected chi connectivity index (χ0v) is 18.2. The number of benzene rings is 1. The van der Waals surface area contributed by atoms with E-state index in [-0.39, 0.29) is 22.0 Å². The maximum Gasteiger partial charge on any atom is 0.264 e. The Bertz CT molecular complexity index is 942. The Morgan fingerprint density at radius 3 is 2.48 bits per heavy atom. The van der Waals surface area contributed by atoms with E-state index < -0.39 is 10.0 Å². The summed E-state index contributed by atoms with van der Waals surface area (Å²) in [5, 5.41) is 3.26. The monoisotopic (exact) mass is 434 g/mol. The number of nitrogens with one attached hydrogen (secondary N) is 2. The summed E-state index contributed by atoms with van der Waals surface area (Å²) >= 11 is 1.73. The molecular formula is C20H26N4O3S2. The normalized spacial score (nSPS) is 16.2. The highest BCUT2D eigenvalue weighted by molar-refractivity contribution is 8.01. The predicted molar refractivity (Wildman–Crippen MR) is 117 cm³/mol. The fourth-order valence-electron chi connectivity index (χ4n) is 3.19. The lowest BCUT2D eigenvalue weighted by Crippen LogP contribution is -2.25. The third kappa shape index (κ3) is 6.17. The van der Waals surface area contributed by atoms with Gasteiger partial charge in [0.25, 0.3) is 10.0 Å². The van der Waals surface area contributed by atoms with Crippen LogP contribution in [0, 0.1) is 6.92 Å². The number of sulfonamides is 1. The quantitative estimate of drug-likeness (QED) is 0.684. The molecule has 0 radical (unpaired) electrons. The van der Waals surface area contributed by atoms with E-state index in [1.54, 1.807) is 36.9 Å². The van der Waals surface area contributed by atoms with Gasteiger partial charge in [0.15, 0.2) is 0 Å². The number of carbonyl (C=O) groups is 1. The van der Waals surface area contributed by atoms with Crippen molar-refractivity contribution in [2.75, 3.05) is 10.0 Å². The molecule has 3 rings (SSSR count). The molecule has 156 valence electrons. The first-order chi connectivity index (χ1) is 13.8. The third-order valence-electron chi connectivity index (χ3n) is 4.77. The van der Waals surface area contributed by atoms with Gasteiger partial charge >= 0.3 is 0 Å². The van der Waals surface area contributed by atoms with Crippen molar-refractivity contribution in [3.05, 3.63) is 42.2 Å². The topological polar surface area (TPSA) is 101 Å². The summed E-state index contributed by atoms with van der Waals surface area (Å²) in [6.45, 7) is 3.67. The van der Waals surface area contributed by atoms with Crippen LogP contribution in [-0.2, 0) is 14.8 Å². The Kier molecular flexibility index (Phi) is 7.13. The SMILES string of the molecule is Cc1ccnc(NS(=O)(=O)c2ccc(NC(=O)C(C)SC3CCCCC3)cc2)n1. The van der Waals surface area contributed by atoms with Crippen molar-refractivity contribution < 1.29 is 13.2 Å². The molecule has 29 heavy (non-hydrogen) atoms. The van der Waals surface area contributed by atoms with Gasteiger partial charge in [0.05, 0.1) is 10.1 Å². The van der Waals surface area contributed by atoms with Crippen molar-refractivity contribution in [1.82, 2.24) is 9.97 Å². The minimum atomic E-state index is -3.80. The average Bonchev–Trinajstić information content (AvgIpc) is 2.69. The molecule has 1 fully saturated rings. The van der Waals surface area contributed by atoms with Gasteiger partial charge in [0, 0.05) is 22.8 Å². The molecule has 1 aromatic heterocycles. The molecule has 1 amide bonds. The van der Waals surface area contributed by atoms with Crippen molar-refractivity contribution in [3.8, 4) is 0 Å². The Morgan fingerprint density at radius 1 is 1.14 bits per heavy atom. The second-order valence-electron chi connectivity index (χ2n) is 7.18. The van der Waals surface area contributed by atoms with Crippen LogP contribution in [-0.4, -0.2) is 34.8 Å². The van der Waals surface area contributed by atoms with Gasteiger partial charge in [0.1, 0.15) is 0 Å². The number of hydrogen-bond donors (Lipinski definition) is 2. The molecule has 2 aromatic rings. The van der Waals surface area contributed by atoms with Crippen LogP contribution >= 0.6 is 11.8 Å². The Hall–Kier alpha value is -2.13. The summed E-state index contributed by atoms with van der Waals surface area (Å²) < 4.78 is 27.3. The lowest BCUT2D eigenvalue weighted by atomic mass is 10.0. The highest BCUT2D eigenvalue weighted by Gasteiger charge is 2.22. The van der Waals surface area contributed by atoms with E-state index in [0.717, 1.165) is 0 Å². The summed E-state index contributed by atoms with van der Waals surface area (Å²) in [6, 6.07) is 7.76. The van der Waals surface area contributed by atoms with E-state index in [1.165, 1.54) is 50.4 Å². The third-order valence-corrected chi connectivity index (χ3v) is 7.59. The first kappa shape index (κ1) is 21.6. The largest absolute Gasteiger partial charge is 0.325 e. The molecule has 1 aliphatic rings. The Balaban J connectivity index is 1.59. The van der Waals surface area contributed by atoms with Crippen LogP contribution in [0.2, 0.25) is 0 Å². The second kappa shape index (κ2) is 9.58. The summed E-state index contributed by atoms with van der Waals surface area (Å²) in [6.07, 6.45) is 7.61. The van der Waals surface area contributed by atoms with E-state index in [1.807, 2.05) is 6.92 Å². The van der Waals surface area contributed by atoms with Crippen LogP contribution in [0.3, 0.4) is 0 Å². The van der Waals surface area contributed by atoms with Gasteiger partial charge in [-0.1, -0.05) is 19.3 Å². The molecule has 1 aliphatic carbocycles. The van der Waals surface area contributed by atoms with Crippen molar-refractivity contribution in [1.29, 1.82) is 0 Å². The number of nitrogens with zero attached hydrogens (tertiary/aromatic N) is 2. The van der Waals surface area contributed by atoms with Crippen LogP contribution in [0.5, 0.6) is 0 Å². The lowest BCUT2D eigenvalue weighted by molar-refractivity contribution is -0.115. The van der Waals surface area contributed by atoms with Gasteiger partial charge in [-0.15, -0.1) is 11.8 Å². The number of aryl methyl sites for hydroxylation is 1. The highest BCUT2D eigenvalue weighted by atomic mass is 32.2. The molecule has 0 bridgehead atoms. The summed E-state index contributed by atoms with van der Waals surface area (Å²) in [7, 11) is -3.80. The van der Waals surface area contributed by atoms with Crippen LogP contribution in [0.1, 0.15) is 44.7 Å². The summed E-state index contributed by atoms with van der Waals surface area (Å²) in [4.78, 5) is 20.5. The standard InChI is InChI=1S/C20H26N4O3S2/c1-14-12-13-21-20(22-14)24-29(26,27)18-10-8-16(9-11-18)23-19(25)15(2)28-17-6-4-3-5-7-17/h8-13,15,17H,3-7H2,1-2H3,(H,23,25)(H,21,22,24). The molecular weight excluding hydrogens is 408 g/mol. The number of hydrogen-bond acceptors (Lipinski definition) is 6. The average molecular weight is 435 g/mol. The van der Waals surface area contributed by atoms with Gasteiger partial charge in [-0.3, -0.25) is 4.79 Å². The Labute approximate surface area is 176 Å². The smallest absolute Gasteiger partial charge is 0.264 e. The zero-order chi connectivity index (χ0) is 20.9. The van der Waals surface area contributed by atoms with Crippen molar-refractivity contribution in [2.45, 2.75) is 61.3 Å². The first-order valence-electron chi connectivity index (χ1n) is 9.72. The Morgan fingerprint density at radius 2 is 1.83 bits per heavy atom. The van der Waals surface area contributed by atoms with Crippen molar-refractivity contribution in [3.63, 3.8) is 0 Å². The van der Waals surface area contributed by atoms with E-state index >= 15 is 0 Å². The van der Waals surface area contributed by atoms with Gasteiger partial charge in [0.2, 0.25) is 11.9 Å². The molecule has 1 atom stereocenters. The van der Waals surface area contributed by atoms with Crippen LogP contribution in [0.4, 0.5) is 11.6 Å². The van der Waals surface area contributed by atoms with Gasteiger partial charge in [-0.25, -0.2) is 23.1 Å².